The van der Waals surface area contributed by atoms with Crippen LogP contribution in [0.5, 0.6) is 11.5 Å². The molecule has 2 aliphatic heterocycles. The summed E-state index contributed by atoms with van der Waals surface area (Å²) in [4.78, 5) is 65.4. The van der Waals surface area contributed by atoms with Crippen LogP contribution in [0.15, 0.2) is 76.6 Å². The number of nitrogens with one attached hydrogen (secondary N) is 1. The number of ether oxygens (including phenoxy) is 1. The Labute approximate surface area is 270 Å². The number of methoxy groups -OCH3 is 1. The van der Waals surface area contributed by atoms with Crippen LogP contribution in [0.25, 0.3) is 0 Å². The summed E-state index contributed by atoms with van der Waals surface area (Å²) in [5.74, 6) is -4.20. The smallest absolute Gasteiger partial charge is 0.416 e. The highest BCUT2D eigenvalue weighted by molar-refractivity contribution is 8.00. The highest BCUT2D eigenvalue weighted by atomic mass is 32.2. The first-order chi connectivity index (χ1) is 22.3. The predicted octanol–water partition coefficient (Wildman–Crippen LogP) is 4.99. The molecular formula is C30H21F3N4O8S2. The SMILES string of the molecule is COc1cc([C@@H]2c3sc(=O)n(CC(=O)Nc4cccc(C(F)(F)F)c4)c3S[C@@H]3C(=O)N(c4ccc([N+](=O)[O-])cc4)C(=O)[C@H]23)ccc1O. The van der Waals surface area contributed by atoms with Gasteiger partial charge < -0.3 is 15.2 Å². The molecule has 0 aliphatic carbocycles. The number of rotatable bonds is 7. The van der Waals surface area contributed by atoms with Gasteiger partial charge in [0.25, 0.3) is 5.69 Å². The molecule has 0 saturated carbocycles. The minimum Gasteiger partial charge on any atom is -0.504 e. The molecule has 17 heteroatoms. The lowest BCUT2D eigenvalue weighted by Crippen LogP contribution is -2.33. The van der Waals surface area contributed by atoms with Crippen molar-refractivity contribution in [2.24, 2.45) is 5.92 Å². The largest absolute Gasteiger partial charge is 0.504 e. The third-order valence-corrected chi connectivity index (χ3v) is 10.3. The van der Waals surface area contributed by atoms with Gasteiger partial charge in [0.2, 0.25) is 17.7 Å². The summed E-state index contributed by atoms with van der Waals surface area (Å²) in [5.41, 5.74) is -0.841. The number of anilines is 2. The molecule has 0 radical (unpaired) electrons. The highest BCUT2D eigenvalue weighted by Gasteiger charge is 2.57. The van der Waals surface area contributed by atoms with E-state index in [4.69, 9.17) is 4.74 Å². The lowest BCUT2D eigenvalue weighted by molar-refractivity contribution is -0.384. The fourth-order valence-corrected chi connectivity index (χ4v) is 8.37. The first-order valence-corrected chi connectivity index (χ1v) is 15.3. The van der Waals surface area contributed by atoms with Gasteiger partial charge in [-0.1, -0.05) is 35.2 Å². The van der Waals surface area contributed by atoms with Gasteiger partial charge in [-0.2, -0.15) is 13.2 Å². The minimum atomic E-state index is -4.64. The summed E-state index contributed by atoms with van der Waals surface area (Å²) in [6.45, 7) is -0.606. The number of phenolic OH excluding ortho intramolecular Hbond substituents is 1. The van der Waals surface area contributed by atoms with Crippen LogP contribution in [0.3, 0.4) is 0 Å². The minimum absolute atomic E-state index is 0.0649. The van der Waals surface area contributed by atoms with Crippen LogP contribution in [0.1, 0.15) is 21.9 Å². The van der Waals surface area contributed by atoms with Gasteiger partial charge in [-0.05, 0) is 48.0 Å². The van der Waals surface area contributed by atoms with Crippen LogP contribution in [0.2, 0.25) is 0 Å². The van der Waals surface area contributed by atoms with Crippen LogP contribution in [-0.4, -0.2) is 44.7 Å². The molecule has 0 bridgehead atoms. The molecule has 3 atom stereocenters. The van der Waals surface area contributed by atoms with E-state index in [2.05, 4.69) is 5.32 Å². The Bertz CT molecular complexity index is 2010. The van der Waals surface area contributed by atoms with Gasteiger partial charge in [-0.25, -0.2) is 4.90 Å². The molecule has 4 aromatic rings. The van der Waals surface area contributed by atoms with E-state index in [0.717, 1.165) is 62.9 Å². The van der Waals surface area contributed by atoms with Crippen LogP contribution in [-0.2, 0) is 27.1 Å². The van der Waals surface area contributed by atoms with Crippen molar-refractivity contribution >= 4 is 57.9 Å². The number of nitrogens with zero attached hydrogens (tertiary/aromatic N) is 3. The van der Waals surface area contributed by atoms with E-state index >= 15 is 0 Å². The zero-order chi connectivity index (χ0) is 33.8. The number of carbonyl (C=O) groups excluding carboxylic acids is 3. The summed E-state index contributed by atoms with van der Waals surface area (Å²) in [6.07, 6.45) is -4.64. The number of hydrogen-bond donors (Lipinski definition) is 2. The summed E-state index contributed by atoms with van der Waals surface area (Å²) in [7, 11) is 1.32. The van der Waals surface area contributed by atoms with Crippen molar-refractivity contribution in [3.8, 4) is 11.5 Å². The number of halogens is 3. The van der Waals surface area contributed by atoms with Crippen molar-refractivity contribution in [1.29, 1.82) is 0 Å². The van der Waals surface area contributed by atoms with Crippen molar-refractivity contribution in [3.05, 3.63) is 103 Å². The van der Waals surface area contributed by atoms with Crippen molar-refractivity contribution in [2.75, 3.05) is 17.3 Å². The predicted molar refractivity (Wildman–Crippen MR) is 164 cm³/mol. The standard InChI is InChI=1S/C30H21F3N4O8S2/c1-45-20-11-14(5-10-19(20)38)22-23-24(27(41)36(26(23)40)17-6-8-18(9-7-17)37(43)44)46-28-25(22)47-29(42)35(28)13-21(39)34-16-4-2-3-15(12-16)30(31,32)33/h2-12,22-24,38H,13H2,1H3,(H,34,39)/t22-,23+,24-/m0/s1. The fraction of sp³-hybridized carbons (Fsp3) is 0.200. The molecule has 47 heavy (non-hydrogen) atoms. The molecule has 1 saturated heterocycles. The average molecular weight is 687 g/mol. The van der Waals surface area contributed by atoms with E-state index in [9.17, 15) is 47.6 Å². The second-order valence-corrected chi connectivity index (χ2v) is 12.6. The normalized spacial score (nSPS) is 18.9. The first kappa shape index (κ1) is 31.8. The molecule has 3 heterocycles. The second-order valence-electron chi connectivity index (χ2n) is 10.5. The number of nitro groups is 1. The first-order valence-electron chi connectivity index (χ1n) is 13.6. The van der Waals surface area contributed by atoms with Crippen LogP contribution in [0.4, 0.5) is 30.2 Å². The van der Waals surface area contributed by atoms with Crippen molar-refractivity contribution in [2.45, 2.75) is 28.9 Å². The number of aromatic hydroxyl groups is 1. The number of nitro benzene ring substituents is 1. The lowest BCUT2D eigenvalue weighted by atomic mass is 9.83. The monoisotopic (exact) mass is 686 g/mol. The Morgan fingerprint density at radius 2 is 1.79 bits per heavy atom. The molecule has 1 aromatic heterocycles. The van der Waals surface area contributed by atoms with Gasteiger partial charge in [0, 0.05) is 28.6 Å². The summed E-state index contributed by atoms with van der Waals surface area (Å²) in [6, 6.07) is 13.2. The van der Waals surface area contributed by atoms with Gasteiger partial charge in [-0.15, -0.1) is 0 Å². The Morgan fingerprint density at radius 3 is 2.45 bits per heavy atom. The van der Waals surface area contributed by atoms with Gasteiger partial charge in [0.15, 0.2) is 11.5 Å². The van der Waals surface area contributed by atoms with Gasteiger partial charge in [0.05, 0.1) is 34.2 Å². The molecule has 6 rings (SSSR count). The third kappa shape index (κ3) is 5.71. The Hall–Kier alpha value is -5.16. The van der Waals surface area contributed by atoms with Crippen molar-refractivity contribution < 1.29 is 42.3 Å². The molecule has 1 fully saturated rings. The molecule has 2 N–H and O–H groups in total. The number of hydrogen-bond acceptors (Lipinski definition) is 10. The van der Waals surface area contributed by atoms with Crippen LogP contribution < -0.4 is 19.8 Å². The van der Waals surface area contributed by atoms with Crippen molar-refractivity contribution in [1.82, 2.24) is 4.57 Å². The van der Waals surface area contributed by atoms with E-state index in [1.54, 1.807) is 0 Å². The quantitative estimate of drug-likeness (QED) is 0.155. The van der Waals surface area contributed by atoms with Gasteiger partial charge in [0.1, 0.15) is 11.8 Å². The number of benzene rings is 3. The number of aromatic nitrogens is 1. The highest BCUT2D eigenvalue weighted by Crippen LogP contribution is 2.54. The zero-order valence-electron chi connectivity index (χ0n) is 23.9. The number of thiazole rings is 1. The maximum atomic E-state index is 14.0. The van der Waals surface area contributed by atoms with Gasteiger partial charge in [-0.3, -0.25) is 33.9 Å². The zero-order valence-corrected chi connectivity index (χ0v) is 25.5. The summed E-state index contributed by atoms with van der Waals surface area (Å²) >= 11 is 1.65. The van der Waals surface area contributed by atoms with E-state index in [1.165, 1.54) is 43.5 Å². The van der Waals surface area contributed by atoms with Gasteiger partial charge >= 0.3 is 11.0 Å². The molecule has 0 spiro atoms. The maximum Gasteiger partial charge on any atom is 0.416 e. The molecule has 2 aliphatic rings. The summed E-state index contributed by atoms with van der Waals surface area (Å²) in [5, 5.41) is 22.9. The van der Waals surface area contributed by atoms with E-state index in [-0.39, 0.29) is 33.6 Å². The maximum absolute atomic E-state index is 14.0. The van der Waals surface area contributed by atoms with Crippen LogP contribution in [0, 0.1) is 16.0 Å². The topological polar surface area (TPSA) is 161 Å². The second kappa shape index (κ2) is 11.9. The number of thioether (sulfide) groups is 1. The molecule has 12 nitrogen and oxygen atoms in total. The molecule has 0 unspecified atom stereocenters. The third-order valence-electron chi connectivity index (χ3n) is 7.71. The number of alkyl halides is 3. The van der Waals surface area contributed by atoms with Crippen molar-refractivity contribution in [3.63, 3.8) is 0 Å². The summed E-state index contributed by atoms with van der Waals surface area (Å²) < 4.78 is 45.9. The molecular weight excluding hydrogens is 665 g/mol. The number of amides is 3. The number of imide groups is 1. The molecule has 3 amide bonds. The van der Waals surface area contributed by atoms with E-state index in [1.807, 2.05) is 0 Å². The molecule has 242 valence electrons. The Balaban J connectivity index is 1.40. The number of non-ortho nitro benzene ring substituents is 1. The average Bonchev–Trinajstić information content (AvgIpc) is 3.47. The van der Waals surface area contributed by atoms with E-state index < -0.39 is 62.9 Å². The fourth-order valence-electron chi connectivity index (χ4n) is 5.60. The Morgan fingerprint density at radius 1 is 1.06 bits per heavy atom. The Kier molecular flexibility index (Phi) is 8.05. The number of fused-ring (bicyclic) bond motifs is 2. The van der Waals surface area contributed by atoms with E-state index in [0.29, 0.717) is 10.4 Å². The lowest BCUT2D eigenvalue weighted by Gasteiger charge is -2.31. The molecule has 3 aromatic carbocycles. The number of carbonyl (C=O) groups is 3. The number of phenols is 1. The van der Waals surface area contributed by atoms with Crippen LogP contribution >= 0.6 is 23.1 Å².